The van der Waals surface area contributed by atoms with Gasteiger partial charge in [-0.25, -0.2) is 0 Å². The average Bonchev–Trinajstić information content (AvgIpc) is 3.40. The molecule has 0 bridgehead atoms. The third-order valence-electron chi connectivity index (χ3n) is 4.38. The van der Waals surface area contributed by atoms with E-state index in [0.717, 1.165) is 5.56 Å². The molecule has 4 rings (SSSR count). The molecule has 8 nitrogen and oxygen atoms in total. The van der Waals surface area contributed by atoms with E-state index in [9.17, 15) is 14.9 Å². The highest BCUT2D eigenvalue weighted by atomic mass is 35.5. The van der Waals surface area contributed by atoms with Gasteiger partial charge in [-0.3, -0.25) is 19.8 Å². The van der Waals surface area contributed by atoms with Crippen molar-refractivity contribution in [1.82, 2.24) is 4.90 Å². The van der Waals surface area contributed by atoms with Crippen LogP contribution in [0.25, 0.3) is 6.08 Å². The summed E-state index contributed by atoms with van der Waals surface area (Å²) in [5.41, 5.74) is 1.30. The van der Waals surface area contributed by atoms with Crippen LogP contribution in [0.2, 0.25) is 5.02 Å². The second-order valence-corrected chi connectivity index (χ2v) is 8.06. The minimum absolute atomic E-state index is 0.0420. The number of nitrogens with zero attached hydrogens (tertiary/aromatic N) is 4. The van der Waals surface area contributed by atoms with Crippen LogP contribution in [0.1, 0.15) is 16.9 Å². The molecule has 1 amide bonds. The SMILES string of the molecule is O=C1/C(=C/c2ccc(Cl)cc2)S/C(=N\N=C\c2cccc([N+](=O)[O-])c2)N1Cc1ccco1. The second-order valence-electron chi connectivity index (χ2n) is 6.61. The average molecular weight is 467 g/mol. The van der Waals surface area contributed by atoms with Gasteiger partial charge in [0.15, 0.2) is 5.17 Å². The number of halogens is 1. The van der Waals surface area contributed by atoms with Gasteiger partial charge in [-0.15, -0.1) is 5.10 Å². The van der Waals surface area contributed by atoms with Gasteiger partial charge >= 0.3 is 0 Å². The van der Waals surface area contributed by atoms with Gasteiger partial charge < -0.3 is 4.42 Å². The number of rotatable bonds is 6. The summed E-state index contributed by atoms with van der Waals surface area (Å²) in [5, 5.41) is 20.1. The van der Waals surface area contributed by atoms with E-state index in [2.05, 4.69) is 10.2 Å². The Morgan fingerprint density at radius 2 is 1.94 bits per heavy atom. The number of nitro benzene ring substituents is 1. The predicted molar refractivity (Wildman–Crippen MR) is 124 cm³/mol. The lowest BCUT2D eigenvalue weighted by Gasteiger charge is -2.12. The Labute approximate surface area is 192 Å². The second kappa shape index (κ2) is 9.63. The van der Waals surface area contributed by atoms with Gasteiger partial charge in [0.2, 0.25) is 0 Å². The molecule has 0 aliphatic carbocycles. The summed E-state index contributed by atoms with van der Waals surface area (Å²) < 4.78 is 5.37. The van der Waals surface area contributed by atoms with Crippen LogP contribution in [0.4, 0.5) is 5.69 Å². The van der Waals surface area contributed by atoms with Gasteiger partial charge in [0.05, 0.1) is 28.9 Å². The topological polar surface area (TPSA) is 101 Å². The molecule has 1 aliphatic rings. The molecule has 32 heavy (non-hydrogen) atoms. The van der Waals surface area contributed by atoms with E-state index in [1.807, 2.05) is 12.1 Å². The van der Waals surface area contributed by atoms with Gasteiger partial charge in [-0.1, -0.05) is 35.9 Å². The zero-order chi connectivity index (χ0) is 22.5. The van der Waals surface area contributed by atoms with Gasteiger partial charge in [-0.2, -0.15) is 5.10 Å². The number of benzene rings is 2. The van der Waals surface area contributed by atoms with E-state index >= 15 is 0 Å². The maximum Gasteiger partial charge on any atom is 0.270 e. The van der Waals surface area contributed by atoms with Crippen LogP contribution in [0.15, 0.2) is 86.5 Å². The van der Waals surface area contributed by atoms with Crippen LogP contribution in [-0.4, -0.2) is 27.1 Å². The Kier molecular flexibility index (Phi) is 6.48. The molecule has 0 atom stereocenters. The number of hydrogen-bond acceptors (Lipinski definition) is 7. The number of non-ortho nitro benzene ring substituents is 1. The minimum Gasteiger partial charge on any atom is -0.467 e. The first-order chi connectivity index (χ1) is 15.5. The van der Waals surface area contributed by atoms with Crippen molar-refractivity contribution in [3.05, 3.63) is 104 Å². The van der Waals surface area contributed by atoms with Crippen molar-refractivity contribution in [1.29, 1.82) is 0 Å². The van der Waals surface area contributed by atoms with Crippen molar-refractivity contribution in [2.24, 2.45) is 10.2 Å². The number of furan rings is 1. The largest absolute Gasteiger partial charge is 0.467 e. The van der Waals surface area contributed by atoms with Crippen LogP contribution >= 0.6 is 23.4 Å². The van der Waals surface area contributed by atoms with Crippen LogP contribution in [0.3, 0.4) is 0 Å². The Morgan fingerprint density at radius 1 is 1.12 bits per heavy atom. The summed E-state index contributed by atoms with van der Waals surface area (Å²) in [6.45, 7) is 0.196. The first-order valence-corrected chi connectivity index (χ1v) is 10.5. The third-order valence-corrected chi connectivity index (χ3v) is 5.63. The standard InChI is InChI=1S/C22H15ClN4O4S/c23-17-8-6-15(7-9-17)12-20-21(28)26(14-19-5-2-10-31-19)22(32-20)25-24-13-16-3-1-4-18(11-16)27(29)30/h1-13H,14H2/b20-12-,24-13+,25-22-. The first-order valence-electron chi connectivity index (χ1n) is 9.34. The summed E-state index contributed by atoms with van der Waals surface area (Å²) in [7, 11) is 0. The normalized spacial score (nSPS) is 16.5. The number of amidine groups is 1. The van der Waals surface area contributed by atoms with Crippen molar-refractivity contribution >= 4 is 52.4 Å². The monoisotopic (exact) mass is 466 g/mol. The quantitative estimate of drug-likeness (QED) is 0.211. The lowest BCUT2D eigenvalue weighted by atomic mass is 10.2. The van der Waals surface area contributed by atoms with E-state index in [1.54, 1.807) is 42.5 Å². The van der Waals surface area contributed by atoms with Crippen LogP contribution in [-0.2, 0) is 11.3 Å². The van der Waals surface area contributed by atoms with Crippen molar-refractivity contribution in [3.8, 4) is 0 Å². The van der Waals surface area contributed by atoms with E-state index in [1.165, 1.54) is 41.3 Å². The predicted octanol–water partition coefficient (Wildman–Crippen LogP) is 5.35. The van der Waals surface area contributed by atoms with Crippen molar-refractivity contribution < 1.29 is 14.1 Å². The maximum absolute atomic E-state index is 13.0. The molecule has 0 saturated carbocycles. The van der Waals surface area contributed by atoms with E-state index in [0.29, 0.717) is 26.4 Å². The lowest BCUT2D eigenvalue weighted by Crippen LogP contribution is -2.28. The molecular weight excluding hydrogens is 452 g/mol. The van der Waals surface area contributed by atoms with Gasteiger partial charge in [0.25, 0.3) is 11.6 Å². The molecule has 1 aliphatic heterocycles. The fourth-order valence-electron chi connectivity index (χ4n) is 2.85. The molecule has 10 heteroatoms. The van der Waals surface area contributed by atoms with E-state index < -0.39 is 4.92 Å². The fraction of sp³-hybridized carbons (Fsp3) is 0.0455. The summed E-state index contributed by atoms with van der Waals surface area (Å²) in [4.78, 5) is 25.4. The Morgan fingerprint density at radius 3 is 2.66 bits per heavy atom. The van der Waals surface area contributed by atoms with Crippen molar-refractivity contribution in [3.63, 3.8) is 0 Å². The molecule has 0 spiro atoms. The molecule has 0 unspecified atom stereocenters. The number of carbonyl (C=O) groups is 1. The molecule has 1 fully saturated rings. The van der Waals surface area contributed by atoms with Gasteiger partial charge in [0, 0.05) is 22.7 Å². The van der Waals surface area contributed by atoms with Crippen LogP contribution in [0, 0.1) is 10.1 Å². The van der Waals surface area contributed by atoms with E-state index in [4.69, 9.17) is 16.0 Å². The number of carbonyl (C=O) groups excluding carboxylic acids is 1. The molecule has 160 valence electrons. The molecule has 2 aromatic carbocycles. The zero-order valence-electron chi connectivity index (χ0n) is 16.4. The Hall–Kier alpha value is -3.69. The summed E-state index contributed by atoms with van der Waals surface area (Å²) >= 11 is 7.12. The summed E-state index contributed by atoms with van der Waals surface area (Å²) in [5.74, 6) is 0.368. The number of hydrogen-bond donors (Lipinski definition) is 0. The van der Waals surface area contributed by atoms with Crippen LogP contribution < -0.4 is 0 Å². The Balaban J connectivity index is 1.61. The van der Waals surface area contributed by atoms with E-state index in [-0.39, 0.29) is 18.1 Å². The van der Waals surface area contributed by atoms with Crippen molar-refractivity contribution in [2.45, 2.75) is 6.54 Å². The molecule has 1 aromatic heterocycles. The highest BCUT2D eigenvalue weighted by Crippen LogP contribution is 2.34. The molecule has 2 heterocycles. The number of amides is 1. The van der Waals surface area contributed by atoms with Crippen molar-refractivity contribution in [2.75, 3.05) is 0 Å². The first kappa shape index (κ1) is 21.5. The fourth-order valence-corrected chi connectivity index (χ4v) is 3.92. The molecule has 1 saturated heterocycles. The molecular formula is C22H15ClN4O4S. The molecule has 0 N–H and O–H groups in total. The number of nitro groups is 1. The van der Waals surface area contributed by atoms with Gasteiger partial charge in [-0.05, 0) is 47.7 Å². The lowest BCUT2D eigenvalue weighted by molar-refractivity contribution is -0.384. The molecule has 3 aromatic rings. The zero-order valence-corrected chi connectivity index (χ0v) is 18.0. The maximum atomic E-state index is 13.0. The highest BCUT2D eigenvalue weighted by Gasteiger charge is 2.34. The summed E-state index contributed by atoms with van der Waals surface area (Å²) in [6.07, 6.45) is 4.69. The summed E-state index contributed by atoms with van der Waals surface area (Å²) in [6, 6.07) is 16.7. The van der Waals surface area contributed by atoms with Gasteiger partial charge in [0.1, 0.15) is 5.76 Å². The van der Waals surface area contributed by atoms with Crippen LogP contribution in [0.5, 0.6) is 0 Å². The minimum atomic E-state index is -0.479. The molecule has 0 radical (unpaired) electrons. The smallest absolute Gasteiger partial charge is 0.270 e. The number of thioether (sulfide) groups is 1. The highest BCUT2D eigenvalue weighted by molar-refractivity contribution is 8.18. The Bertz CT molecular complexity index is 1240. The third kappa shape index (κ3) is 5.13.